The molecule has 1 atom stereocenters. The average molecular weight is 227 g/mol. The van der Waals surface area contributed by atoms with Gasteiger partial charge >= 0.3 is 5.97 Å². The Balaban J connectivity index is 4.80. The number of nitrogens with zero attached hydrogens (tertiary/aromatic N) is 1. The first-order chi connectivity index (χ1) is 7.32. The Bertz CT molecular complexity index is 307. The van der Waals surface area contributed by atoms with Gasteiger partial charge in [0, 0.05) is 24.2 Å². The van der Waals surface area contributed by atoms with Crippen molar-refractivity contribution in [3.8, 4) is 0 Å². The third kappa shape index (κ3) is 3.68. The number of rotatable bonds is 5. The van der Waals surface area contributed by atoms with Gasteiger partial charge in [-0.1, -0.05) is 13.3 Å². The van der Waals surface area contributed by atoms with Gasteiger partial charge in [0.2, 0.25) is 5.91 Å². The Hall–Kier alpha value is -1.32. The predicted octanol–water partition coefficient (Wildman–Crippen LogP) is 2.05. The van der Waals surface area contributed by atoms with Crippen molar-refractivity contribution in [1.29, 1.82) is 0 Å². The minimum absolute atomic E-state index is 0.112. The lowest BCUT2D eigenvalue weighted by Gasteiger charge is -2.25. The van der Waals surface area contributed by atoms with Crippen LogP contribution in [-0.4, -0.2) is 35.0 Å². The second-order valence-corrected chi connectivity index (χ2v) is 4.11. The van der Waals surface area contributed by atoms with Gasteiger partial charge in [0.1, 0.15) is 0 Å². The number of hydrogen-bond donors (Lipinski definition) is 1. The summed E-state index contributed by atoms with van der Waals surface area (Å²) in [6.07, 6.45) is 1.92. The molecule has 1 N–H and O–H groups in total. The quantitative estimate of drug-likeness (QED) is 0.731. The van der Waals surface area contributed by atoms with E-state index in [1.165, 1.54) is 6.92 Å². The molecule has 92 valence electrons. The van der Waals surface area contributed by atoms with Gasteiger partial charge in [-0.05, 0) is 27.2 Å². The molecule has 4 heteroatoms. The predicted molar refractivity (Wildman–Crippen MR) is 63.1 cm³/mol. The monoisotopic (exact) mass is 227 g/mol. The molecular formula is C12H21NO3. The van der Waals surface area contributed by atoms with Crippen LogP contribution in [0, 0.1) is 0 Å². The molecule has 1 unspecified atom stereocenters. The molecule has 0 fully saturated rings. The summed E-state index contributed by atoms with van der Waals surface area (Å²) in [5.74, 6) is -1.25. The van der Waals surface area contributed by atoms with E-state index in [4.69, 9.17) is 5.11 Å². The summed E-state index contributed by atoms with van der Waals surface area (Å²) >= 11 is 0. The van der Waals surface area contributed by atoms with Crippen LogP contribution in [0.1, 0.15) is 40.5 Å². The van der Waals surface area contributed by atoms with Crippen LogP contribution in [0.4, 0.5) is 0 Å². The summed E-state index contributed by atoms with van der Waals surface area (Å²) in [5.41, 5.74) is 0.415. The van der Waals surface area contributed by atoms with Crippen LogP contribution < -0.4 is 0 Å². The van der Waals surface area contributed by atoms with Crippen molar-refractivity contribution in [3.05, 3.63) is 11.1 Å². The molecule has 0 saturated heterocycles. The minimum atomic E-state index is -1.04. The van der Waals surface area contributed by atoms with Crippen LogP contribution in [0.15, 0.2) is 11.1 Å². The molecule has 0 bridgehead atoms. The Morgan fingerprint density at radius 1 is 1.25 bits per heavy atom. The van der Waals surface area contributed by atoms with Gasteiger partial charge in [-0.2, -0.15) is 0 Å². The van der Waals surface area contributed by atoms with Crippen LogP contribution >= 0.6 is 0 Å². The topological polar surface area (TPSA) is 57.6 Å². The van der Waals surface area contributed by atoms with Gasteiger partial charge in [-0.15, -0.1) is 0 Å². The molecule has 0 saturated carbocycles. The maximum Gasteiger partial charge on any atom is 0.331 e. The maximum absolute atomic E-state index is 11.9. The molecule has 0 aliphatic heterocycles. The lowest BCUT2D eigenvalue weighted by molar-refractivity contribution is -0.134. The molecule has 0 heterocycles. The van der Waals surface area contributed by atoms with E-state index in [1.807, 2.05) is 6.92 Å². The number of carbonyl (C=O) groups excluding carboxylic acids is 1. The molecular weight excluding hydrogens is 206 g/mol. The molecule has 1 amide bonds. The van der Waals surface area contributed by atoms with Crippen molar-refractivity contribution >= 4 is 11.9 Å². The number of hydrogen-bond acceptors (Lipinski definition) is 2. The van der Waals surface area contributed by atoms with E-state index >= 15 is 0 Å². The van der Waals surface area contributed by atoms with E-state index in [1.54, 1.807) is 18.9 Å². The van der Waals surface area contributed by atoms with Crippen LogP contribution in [-0.2, 0) is 9.59 Å². The molecule has 0 radical (unpaired) electrons. The zero-order valence-electron chi connectivity index (χ0n) is 10.7. The summed E-state index contributed by atoms with van der Waals surface area (Å²) in [5, 5.41) is 8.80. The lowest BCUT2D eigenvalue weighted by atomic mass is 10.1. The normalized spacial score (nSPS) is 14.1. The van der Waals surface area contributed by atoms with Crippen molar-refractivity contribution < 1.29 is 14.7 Å². The number of carboxylic acids is 1. The zero-order chi connectivity index (χ0) is 12.9. The van der Waals surface area contributed by atoms with Gasteiger partial charge in [0.25, 0.3) is 0 Å². The fourth-order valence-electron chi connectivity index (χ4n) is 1.40. The maximum atomic E-state index is 11.9. The first kappa shape index (κ1) is 14.7. The molecule has 0 aliphatic rings. The first-order valence-electron chi connectivity index (χ1n) is 5.50. The fraction of sp³-hybridized carbons (Fsp3) is 0.667. The van der Waals surface area contributed by atoms with Crippen molar-refractivity contribution in [2.45, 2.75) is 46.6 Å². The second kappa shape index (κ2) is 6.30. The van der Waals surface area contributed by atoms with Crippen LogP contribution in [0.3, 0.4) is 0 Å². The molecule has 0 aromatic carbocycles. The summed E-state index contributed by atoms with van der Waals surface area (Å²) in [6, 6.07) is 0.133. The average Bonchev–Trinajstić information content (AvgIpc) is 2.25. The highest BCUT2D eigenvalue weighted by Gasteiger charge is 2.19. The largest absolute Gasteiger partial charge is 0.478 e. The van der Waals surface area contributed by atoms with Gasteiger partial charge in [-0.25, -0.2) is 4.79 Å². The van der Waals surface area contributed by atoms with E-state index in [2.05, 4.69) is 6.92 Å². The molecule has 0 rings (SSSR count). The molecule has 0 spiro atoms. The van der Waals surface area contributed by atoms with E-state index in [9.17, 15) is 9.59 Å². The Labute approximate surface area is 96.9 Å². The number of amides is 1. The highest BCUT2D eigenvalue weighted by Crippen LogP contribution is 2.11. The Kier molecular flexibility index (Phi) is 5.78. The van der Waals surface area contributed by atoms with E-state index in [-0.39, 0.29) is 17.5 Å². The smallest absolute Gasteiger partial charge is 0.331 e. The van der Waals surface area contributed by atoms with Crippen LogP contribution in [0.25, 0.3) is 0 Å². The standard InChI is InChI=1S/C12H21NO3/c1-6-7-8(2)13(5)11(14)9(3)10(4)12(15)16/h8H,6-7H2,1-5H3,(H,15,16). The molecule has 4 nitrogen and oxygen atoms in total. The van der Waals surface area contributed by atoms with Crippen molar-refractivity contribution in [1.82, 2.24) is 4.90 Å². The summed E-state index contributed by atoms with van der Waals surface area (Å²) in [7, 11) is 1.71. The lowest BCUT2D eigenvalue weighted by Crippen LogP contribution is -2.36. The van der Waals surface area contributed by atoms with Crippen molar-refractivity contribution in [2.75, 3.05) is 7.05 Å². The SMILES string of the molecule is CCCC(C)N(C)C(=O)C(C)=C(C)C(=O)O. The van der Waals surface area contributed by atoms with Gasteiger partial charge in [0.15, 0.2) is 0 Å². The van der Waals surface area contributed by atoms with Crippen molar-refractivity contribution in [2.24, 2.45) is 0 Å². The molecule has 0 aromatic rings. The Morgan fingerprint density at radius 2 is 1.75 bits per heavy atom. The molecule has 0 aromatic heterocycles. The third-order valence-corrected chi connectivity index (χ3v) is 2.89. The van der Waals surface area contributed by atoms with Crippen molar-refractivity contribution in [3.63, 3.8) is 0 Å². The van der Waals surface area contributed by atoms with Crippen LogP contribution in [0.5, 0.6) is 0 Å². The number of carbonyl (C=O) groups is 2. The number of carboxylic acid groups (broad SMARTS) is 1. The van der Waals surface area contributed by atoms with E-state index in [0.717, 1.165) is 12.8 Å². The first-order valence-corrected chi connectivity index (χ1v) is 5.50. The van der Waals surface area contributed by atoms with Gasteiger partial charge in [0.05, 0.1) is 0 Å². The fourth-order valence-corrected chi connectivity index (χ4v) is 1.40. The summed E-state index contributed by atoms with van der Waals surface area (Å²) in [6.45, 7) is 7.03. The van der Waals surface area contributed by atoms with Crippen LogP contribution in [0.2, 0.25) is 0 Å². The van der Waals surface area contributed by atoms with E-state index in [0.29, 0.717) is 5.57 Å². The zero-order valence-corrected chi connectivity index (χ0v) is 10.7. The van der Waals surface area contributed by atoms with E-state index < -0.39 is 5.97 Å². The number of aliphatic carboxylic acids is 1. The Morgan fingerprint density at radius 3 is 2.12 bits per heavy atom. The second-order valence-electron chi connectivity index (χ2n) is 4.11. The highest BCUT2D eigenvalue weighted by atomic mass is 16.4. The summed E-state index contributed by atoms with van der Waals surface area (Å²) in [4.78, 5) is 24.2. The number of likely N-dealkylation sites (N-methyl/N-ethyl adjacent to an activating group) is 1. The van der Waals surface area contributed by atoms with Gasteiger partial charge in [-0.3, -0.25) is 4.79 Å². The molecule has 0 aliphatic carbocycles. The highest BCUT2D eigenvalue weighted by molar-refractivity contribution is 6.01. The minimum Gasteiger partial charge on any atom is -0.478 e. The molecule has 16 heavy (non-hydrogen) atoms. The van der Waals surface area contributed by atoms with Gasteiger partial charge < -0.3 is 10.0 Å². The summed E-state index contributed by atoms with van der Waals surface area (Å²) < 4.78 is 0. The third-order valence-electron chi connectivity index (χ3n) is 2.89.